The Bertz CT molecular complexity index is 1110. The molecule has 0 unspecified atom stereocenters. The highest BCUT2D eigenvalue weighted by molar-refractivity contribution is 7.99. The highest BCUT2D eigenvalue weighted by Gasteiger charge is 1.99. The maximum Gasteiger partial charge on any atom is 0.272 e. The molecule has 0 aliphatic heterocycles. The van der Waals surface area contributed by atoms with Gasteiger partial charge in [-0.15, -0.1) is 11.8 Å². The molecule has 5 nitrogen and oxygen atoms in total. The van der Waals surface area contributed by atoms with Crippen LogP contribution in [0.5, 0.6) is 0 Å². The Labute approximate surface area is 165 Å². The van der Waals surface area contributed by atoms with Crippen LogP contribution in [-0.2, 0) is 0 Å². The number of nitrogens with zero attached hydrogens (tertiary/aromatic N) is 1. The maximum atomic E-state index is 12.3. The van der Waals surface area contributed by atoms with Gasteiger partial charge in [0.15, 0.2) is 0 Å². The molecule has 140 valence electrons. The van der Waals surface area contributed by atoms with Crippen LogP contribution in [0.4, 0.5) is 0 Å². The number of H-pyrrole nitrogens is 2. The number of hydrogen-bond donors (Lipinski definition) is 2. The Morgan fingerprint density at radius 1 is 0.963 bits per heavy atom. The lowest BCUT2D eigenvalue weighted by atomic mass is 10.2. The third-order valence-corrected chi connectivity index (χ3v) is 5.53. The van der Waals surface area contributed by atoms with Crippen molar-refractivity contribution < 1.29 is 0 Å². The summed E-state index contributed by atoms with van der Waals surface area (Å²) in [6.07, 6.45) is 3.35. The van der Waals surface area contributed by atoms with Crippen molar-refractivity contribution in [3.63, 3.8) is 0 Å². The van der Waals surface area contributed by atoms with Crippen LogP contribution in [0.2, 0.25) is 0 Å². The van der Waals surface area contributed by atoms with Crippen LogP contribution in [0.3, 0.4) is 0 Å². The van der Waals surface area contributed by atoms with Gasteiger partial charge >= 0.3 is 0 Å². The summed E-state index contributed by atoms with van der Waals surface area (Å²) in [6, 6.07) is 9.83. The molecule has 0 saturated heterocycles. The fourth-order valence-corrected chi connectivity index (χ4v) is 4.03. The molecule has 3 aromatic rings. The van der Waals surface area contributed by atoms with E-state index in [9.17, 15) is 9.59 Å². The molecule has 2 heterocycles. The second kappa shape index (κ2) is 9.03. The van der Waals surface area contributed by atoms with Crippen molar-refractivity contribution in [1.82, 2.24) is 14.9 Å². The molecule has 0 fully saturated rings. The molecule has 2 N–H and O–H groups in total. The highest BCUT2D eigenvalue weighted by Crippen LogP contribution is 2.18. The molecule has 0 aliphatic rings. The van der Waals surface area contributed by atoms with E-state index in [2.05, 4.69) is 29.0 Å². The maximum absolute atomic E-state index is 12.3. The average Bonchev–Trinajstić information content (AvgIpc) is 3.13. The molecule has 3 rings (SSSR count). The third-order valence-electron chi connectivity index (χ3n) is 3.84. The van der Waals surface area contributed by atoms with Crippen molar-refractivity contribution in [1.29, 1.82) is 0 Å². The molecule has 0 radical (unpaired) electrons. The third kappa shape index (κ3) is 5.56. The summed E-state index contributed by atoms with van der Waals surface area (Å²) in [5.74, 6) is 1.02. The number of aromatic nitrogens is 2. The Morgan fingerprint density at radius 2 is 1.59 bits per heavy atom. The van der Waals surface area contributed by atoms with Gasteiger partial charge in [-0.3, -0.25) is 9.59 Å². The Kier molecular flexibility index (Phi) is 6.49. The molecule has 7 heteroatoms. The quantitative estimate of drug-likeness (QED) is 0.616. The summed E-state index contributed by atoms with van der Waals surface area (Å²) in [4.78, 5) is 33.2. The van der Waals surface area contributed by atoms with Crippen LogP contribution in [0.15, 0.2) is 55.6 Å². The van der Waals surface area contributed by atoms with E-state index in [1.165, 1.54) is 16.2 Å². The van der Waals surface area contributed by atoms with E-state index >= 15 is 0 Å². The standard InChI is InChI=1S/C20H21N3O2S2/c1-23(2)8-10-27-16-5-3-14(4-6-16)11-17-19(24)22-18(20(25)21-17)12-15-7-9-26-13-15/h3-7,9,11-13H,8,10H2,1-2H3,(H,21,25)(H,22,24)/b17-11-,18-12-. The van der Waals surface area contributed by atoms with Crippen molar-refractivity contribution in [3.05, 3.63) is 83.6 Å². The normalized spacial score (nSPS) is 12.9. The molecule has 0 amide bonds. The monoisotopic (exact) mass is 399 g/mol. The number of aromatic amines is 2. The first-order valence-corrected chi connectivity index (χ1v) is 10.4. The molecular formula is C20H21N3O2S2. The number of rotatable bonds is 6. The zero-order valence-corrected chi connectivity index (χ0v) is 16.8. The second-order valence-electron chi connectivity index (χ2n) is 6.30. The van der Waals surface area contributed by atoms with Crippen molar-refractivity contribution in [2.75, 3.05) is 26.4 Å². The van der Waals surface area contributed by atoms with Gasteiger partial charge in [0.1, 0.15) is 10.7 Å². The fraction of sp³-hybridized carbons (Fsp3) is 0.200. The van der Waals surface area contributed by atoms with Gasteiger partial charge in [-0.2, -0.15) is 11.3 Å². The zero-order chi connectivity index (χ0) is 19.2. The number of hydrogen-bond acceptors (Lipinski definition) is 5. The molecule has 1 aromatic carbocycles. The highest BCUT2D eigenvalue weighted by atomic mass is 32.2. The molecule has 27 heavy (non-hydrogen) atoms. The fourth-order valence-electron chi connectivity index (χ4n) is 2.39. The first-order chi connectivity index (χ1) is 13.0. The first-order valence-electron chi connectivity index (χ1n) is 8.47. The Hall–Kier alpha value is -2.35. The minimum absolute atomic E-state index is 0.246. The van der Waals surface area contributed by atoms with Crippen molar-refractivity contribution in [2.24, 2.45) is 0 Å². The van der Waals surface area contributed by atoms with E-state index in [4.69, 9.17) is 0 Å². The van der Waals surface area contributed by atoms with Crippen LogP contribution in [0.25, 0.3) is 12.2 Å². The van der Waals surface area contributed by atoms with Gasteiger partial charge in [-0.25, -0.2) is 0 Å². The molecule has 0 saturated carbocycles. The van der Waals surface area contributed by atoms with Gasteiger partial charge < -0.3 is 14.9 Å². The summed E-state index contributed by atoms with van der Waals surface area (Å²) in [5, 5.41) is 4.33. The van der Waals surface area contributed by atoms with Gasteiger partial charge in [-0.1, -0.05) is 12.1 Å². The Balaban J connectivity index is 1.84. The molecule has 0 bridgehead atoms. The van der Waals surface area contributed by atoms with Crippen molar-refractivity contribution >= 4 is 35.3 Å². The number of thioether (sulfide) groups is 1. The largest absolute Gasteiger partial charge is 0.316 e. The minimum Gasteiger partial charge on any atom is -0.316 e. The lowest BCUT2D eigenvalue weighted by Crippen LogP contribution is -2.46. The van der Waals surface area contributed by atoms with Gasteiger partial charge in [0.2, 0.25) is 0 Å². The smallest absolute Gasteiger partial charge is 0.272 e. The van der Waals surface area contributed by atoms with Crippen LogP contribution < -0.4 is 21.8 Å². The van der Waals surface area contributed by atoms with Gasteiger partial charge in [-0.05, 0) is 66.3 Å². The molecular weight excluding hydrogens is 378 g/mol. The summed E-state index contributed by atoms with van der Waals surface area (Å²) in [6.45, 7) is 1.02. The van der Waals surface area contributed by atoms with Crippen LogP contribution >= 0.6 is 23.1 Å². The van der Waals surface area contributed by atoms with Crippen LogP contribution in [0, 0.1) is 0 Å². The lowest BCUT2D eigenvalue weighted by molar-refractivity contribution is 0.437. The predicted molar refractivity (Wildman–Crippen MR) is 114 cm³/mol. The van der Waals surface area contributed by atoms with E-state index in [-0.39, 0.29) is 21.8 Å². The molecule has 2 aromatic heterocycles. The Morgan fingerprint density at radius 3 is 2.15 bits per heavy atom. The molecule has 0 atom stereocenters. The van der Waals surface area contributed by atoms with E-state index in [1.807, 2.05) is 41.1 Å². The van der Waals surface area contributed by atoms with Crippen LogP contribution in [0.1, 0.15) is 11.1 Å². The van der Waals surface area contributed by atoms with E-state index in [0.29, 0.717) is 0 Å². The van der Waals surface area contributed by atoms with Crippen LogP contribution in [-0.4, -0.2) is 41.3 Å². The summed E-state index contributed by atoms with van der Waals surface area (Å²) >= 11 is 3.32. The number of nitrogens with one attached hydrogen (secondary N) is 2. The van der Waals surface area contributed by atoms with E-state index < -0.39 is 0 Å². The zero-order valence-electron chi connectivity index (χ0n) is 15.2. The number of thiophene rings is 1. The molecule has 0 aliphatic carbocycles. The van der Waals surface area contributed by atoms with Gasteiger partial charge in [0.25, 0.3) is 11.1 Å². The first kappa shape index (κ1) is 19.4. The topological polar surface area (TPSA) is 69.0 Å². The summed E-state index contributed by atoms with van der Waals surface area (Å²) < 4.78 is 0. The number of benzene rings is 1. The van der Waals surface area contributed by atoms with Crippen molar-refractivity contribution in [2.45, 2.75) is 4.90 Å². The summed E-state index contributed by atoms with van der Waals surface area (Å²) in [7, 11) is 4.11. The van der Waals surface area contributed by atoms with E-state index in [0.717, 1.165) is 23.4 Å². The predicted octanol–water partition coefficient (Wildman–Crippen LogP) is 1.44. The lowest BCUT2D eigenvalue weighted by Gasteiger charge is -2.08. The minimum atomic E-state index is -0.319. The second-order valence-corrected chi connectivity index (χ2v) is 8.25. The molecule has 0 spiro atoms. The SMILES string of the molecule is CN(C)CCSc1ccc(/C=c2\[nH]c(=O)/c(=C/c3ccsc3)[nH]c2=O)cc1. The van der Waals surface area contributed by atoms with E-state index in [1.54, 1.807) is 23.9 Å². The van der Waals surface area contributed by atoms with Gasteiger partial charge in [0.05, 0.1) is 0 Å². The average molecular weight is 400 g/mol. The van der Waals surface area contributed by atoms with Crippen molar-refractivity contribution in [3.8, 4) is 0 Å². The van der Waals surface area contributed by atoms with Gasteiger partial charge in [0, 0.05) is 17.2 Å². The summed E-state index contributed by atoms with van der Waals surface area (Å²) in [5.41, 5.74) is 1.12.